The third kappa shape index (κ3) is 0.992. The van der Waals surface area contributed by atoms with Crippen molar-refractivity contribution in [2.75, 3.05) is 0 Å². The quantitative estimate of drug-likeness (QED) is 0.461. The molecule has 41 valence electrons. The van der Waals surface area contributed by atoms with Crippen LogP contribution in [0.4, 0.5) is 4.39 Å². The molecule has 1 aromatic heterocycles. The molecular formula is C5H4FN2. The van der Waals surface area contributed by atoms with E-state index in [4.69, 9.17) is 0 Å². The number of nitrogens with zero attached hydrogens (tertiary/aromatic N) is 2. The second-order valence-electron chi connectivity index (χ2n) is 1.43. The molecule has 3 heteroatoms. The van der Waals surface area contributed by atoms with E-state index in [1.54, 1.807) is 6.92 Å². The monoisotopic (exact) mass is 111 g/mol. The van der Waals surface area contributed by atoms with Crippen molar-refractivity contribution >= 4 is 0 Å². The van der Waals surface area contributed by atoms with E-state index in [1.807, 2.05) is 0 Å². The van der Waals surface area contributed by atoms with E-state index in [-0.39, 0.29) is 0 Å². The highest BCUT2D eigenvalue weighted by Crippen LogP contribution is 1.88. The van der Waals surface area contributed by atoms with Crippen LogP contribution in [0.25, 0.3) is 0 Å². The van der Waals surface area contributed by atoms with Gasteiger partial charge in [0, 0.05) is 6.20 Å². The zero-order valence-corrected chi connectivity index (χ0v) is 4.35. The van der Waals surface area contributed by atoms with Gasteiger partial charge in [-0.25, -0.2) is 9.97 Å². The summed E-state index contributed by atoms with van der Waals surface area (Å²) >= 11 is 0. The van der Waals surface area contributed by atoms with Gasteiger partial charge in [-0.3, -0.25) is 0 Å². The molecule has 0 N–H and O–H groups in total. The first kappa shape index (κ1) is 5.15. The van der Waals surface area contributed by atoms with E-state index < -0.39 is 6.08 Å². The van der Waals surface area contributed by atoms with Gasteiger partial charge in [0.25, 0.3) is 0 Å². The highest BCUT2D eigenvalue weighted by molar-refractivity contribution is 4.95. The number of aryl methyl sites for hydroxylation is 1. The van der Waals surface area contributed by atoms with Crippen molar-refractivity contribution in [3.05, 3.63) is 24.0 Å². The molecule has 0 aliphatic carbocycles. The van der Waals surface area contributed by atoms with Crippen LogP contribution in [-0.2, 0) is 0 Å². The van der Waals surface area contributed by atoms with Gasteiger partial charge in [-0.05, 0) is 12.5 Å². The highest BCUT2D eigenvalue weighted by atomic mass is 19.1. The summed E-state index contributed by atoms with van der Waals surface area (Å²) in [4.78, 5) is 6.45. The molecule has 0 amide bonds. The molecular weight excluding hydrogens is 107 g/mol. The summed E-state index contributed by atoms with van der Waals surface area (Å²) in [6.07, 6.45) is 3.06. The van der Waals surface area contributed by atoms with Crippen LogP contribution in [0.3, 0.4) is 0 Å². The zero-order valence-electron chi connectivity index (χ0n) is 4.35. The summed E-state index contributed by atoms with van der Waals surface area (Å²) < 4.78 is 11.8. The Labute approximate surface area is 46.4 Å². The van der Waals surface area contributed by atoms with Gasteiger partial charge < -0.3 is 0 Å². The molecule has 0 saturated carbocycles. The second-order valence-corrected chi connectivity index (χ2v) is 1.43. The molecule has 1 heterocycles. The van der Waals surface area contributed by atoms with Crippen molar-refractivity contribution in [3.8, 4) is 0 Å². The maximum atomic E-state index is 11.8. The van der Waals surface area contributed by atoms with Gasteiger partial charge in [-0.2, -0.15) is 4.39 Å². The molecule has 2 nitrogen and oxygen atoms in total. The predicted molar refractivity (Wildman–Crippen MR) is 25.6 cm³/mol. The summed E-state index contributed by atoms with van der Waals surface area (Å²) in [5.41, 5.74) is 0.742. The summed E-state index contributed by atoms with van der Waals surface area (Å²) in [5.74, 6) is 0. The highest BCUT2D eigenvalue weighted by Gasteiger charge is 1.87. The SMILES string of the molecule is Cc1[c]nc(F)nc1. The van der Waals surface area contributed by atoms with E-state index in [1.165, 1.54) is 6.20 Å². The van der Waals surface area contributed by atoms with Gasteiger partial charge in [-0.15, -0.1) is 0 Å². The number of hydrogen-bond acceptors (Lipinski definition) is 2. The molecule has 0 aliphatic rings. The fraction of sp³-hybridized carbons (Fsp3) is 0.200. The Morgan fingerprint density at radius 2 is 2.50 bits per heavy atom. The smallest absolute Gasteiger partial charge is 0.210 e. The van der Waals surface area contributed by atoms with E-state index in [0.717, 1.165) is 5.56 Å². The molecule has 0 aromatic carbocycles. The predicted octanol–water partition coefficient (Wildman–Crippen LogP) is 0.724. The van der Waals surface area contributed by atoms with Crippen LogP contribution in [0, 0.1) is 19.2 Å². The molecule has 1 rings (SSSR count). The van der Waals surface area contributed by atoms with E-state index >= 15 is 0 Å². The van der Waals surface area contributed by atoms with Crippen molar-refractivity contribution in [2.45, 2.75) is 6.92 Å². The van der Waals surface area contributed by atoms with Gasteiger partial charge in [0.05, 0.1) is 6.20 Å². The van der Waals surface area contributed by atoms with Gasteiger partial charge in [0.1, 0.15) is 0 Å². The molecule has 1 radical (unpaired) electrons. The number of aromatic nitrogens is 2. The normalized spacial score (nSPS) is 9.25. The maximum absolute atomic E-state index is 11.8. The zero-order chi connectivity index (χ0) is 5.98. The summed E-state index contributed by atoms with van der Waals surface area (Å²) in [6, 6.07) is 0. The van der Waals surface area contributed by atoms with Crippen LogP contribution in [0.15, 0.2) is 6.20 Å². The molecule has 0 bridgehead atoms. The number of rotatable bonds is 0. The maximum Gasteiger partial charge on any atom is 0.309 e. The number of hydrogen-bond donors (Lipinski definition) is 0. The first-order chi connectivity index (χ1) is 3.79. The van der Waals surface area contributed by atoms with Crippen LogP contribution < -0.4 is 0 Å². The fourth-order valence-electron chi connectivity index (χ4n) is 0.342. The Hall–Kier alpha value is -0.990. The molecule has 0 atom stereocenters. The lowest BCUT2D eigenvalue weighted by atomic mass is 10.4. The minimum absolute atomic E-state index is 0.726. The van der Waals surface area contributed by atoms with Crippen LogP contribution in [0.5, 0.6) is 0 Å². The van der Waals surface area contributed by atoms with Gasteiger partial charge in [0.2, 0.25) is 0 Å². The van der Waals surface area contributed by atoms with E-state index in [9.17, 15) is 4.39 Å². The van der Waals surface area contributed by atoms with Gasteiger partial charge in [-0.1, -0.05) is 0 Å². The average molecular weight is 111 g/mol. The lowest BCUT2D eigenvalue weighted by Crippen LogP contribution is -1.87. The second kappa shape index (κ2) is 1.86. The summed E-state index contributed by atoms with van der Waals surface area (Å²) in [6.45, 7) is 1.75. The largest absolute Gasteiger partial charge is 0.309 e. The summed E-state index contributed by atoms with van der Waals surface area (Å²) in [5, 5.41) is 0. The molecule has 0 aliphatic heterocycles. The average Bonchev–Trinajstić information content (AvgIpc) is 1.77. The molecule has 0 unspecified atom stereocenters. The van der Waals surface area contributed by atoms with Crippen LogP contribution in [-0.4, -0.2) is 9.97 Å². The van der Waals surface area contributed by atoms with E-state index in [0.29, 0.717) is 0 Å². The van der Waals surface area contributed by atoms with Crippen LogP contribution in [0.1, 0.15) is 5.56 Å². The molecule has 0 spiro atoms. The third-order valence-electron chi connectivity index (χ3n) is 0.689. The lowest BCUT2D eigenvalue weighted by molar-refractivity contribution is 0.536. The van der Waals surface area contributed by atoms with Crippen LogP contribution in [0.2, 0.25) is 0 Å². The lowest BCUT2D eigenvalue weighted by Gasteiger charge is -1.84. The van der Waals surface area contributed by atoms with Crippen molar-refractivity contribution in [2.24, 2.45) is 0 Å². The topological polar surface area (TPSA) is 25.8 Å². The molecule has 1 aromatic rings. The van der Waals surface area contributed by atoms with Crippen molar-refractivity contribution < 1.29 is 4.39 Å². The Balaban J connectivity index is 3.03. The Morgan fingerprint density at radius 3 is 2.88 bits per heavy atom. The third-order valence-corrected chi connectivity index (χ3v) is 0.689. The molecule has 8 heavy (non-hydrogen) atoms. The van der Waals surface area contributed by atoms with Crippen molar-refractivity contribution in [1.82, 2.24) is 9.97 Å². The van der Waals surface area contributed by atoms with E-state index in [2.05, 4.69) is 16.2 Å². The van der Waals surface area contributed by atoms with Gasteiger partial charge >= 0.3 is 6.08 Å². The van der Waals surface area contributed by atoms with Gasteiger partial charge in [0.15, 0.2) is 0 Å². The Kier molecular flexibility index (Phi) is 1.20. The van der Waals surface area contributed by atoms with Crippen molar-refractivity contribution in [1.29, 1.82) is 0 Å². The first-order valence-electron chi connectivity index (χ1n) is 2.16. The number of halogens is 1. The molecule has 0 fully saturated rings. The fourth-order valence-corrected chi connectivity index (χ4v) is 0.342. The minimum Gasteiger partial charge on any atom is -0.210 e. The Bertz CT molecular complexity index is 149. The molecule has 0 saturated heterocycles. The standard InChI is InChI=1S/C5H4FN2/c1-4-2-7-5(6)8-3-4/h2H,1H3. The first-order valence-corrected chi connectivity index (χ1v) is 2.16. The Morgan fingerprint density at radius 1 is 1.75 bits per heavy atom. The van der Waals surface area contributed by atoms with Crippen molar-refractivity contribution in [3.63, 3.8) is 0 Å². The van der Waals surface area contributed by atoms with Crippen LogP contribution >= 0.6 is 0 Å². The summed E-state index contributed by atoms with van der Waals surface area (Å²) in [7, 11) is 0. The minimum atomic E-state index is -0.726.